The fourth-order valence-corrected chi connectivity index (χ4v) is 2.88. The monoisotopic (exact) mass is 295 g/mol. The van der Waals surface area contributed by atoms with E-state index >= 15 is 0 Å². The minimum Gasteiger partial charge on any atom is -0.392 e. The quantitative estimate of drug-likeness (QED) is 0.575. The maximum Gasteiger partial charge on any atom is 0.224 e. The van der Waals surface area contributed by atoms with Gasteiger partial charge in [-0.25, -0.2) is 13.1 Å². The number of rotatable bonds is 6. The number of morpholine rings is 1. The van der Waals surface area contributed by atoms with Crippen LogP contribution in [0, 0.1) is 0 Å². The third-order valence-electron chi connectivity index (χ3n) is 2.36. The lowest BCUT2D eigenvalue weighted by atomic mass is 10.3. The van der Waals surface area contributed by atoms with Crippen molar-refractivity contribution < 1.29 is 17.9 Å². The zero-order valence-electron chi connectivity index (χ0n) is 9.92. The number of nitrogens with two attached hydrogens (primary N) is 1. The Labute approximate surface area is 112 Å². The van der Waals surface area contributed by atoms with Crippen LogP contribution >= 0.6 is 12.2 Å². The fraction of sp³-hybridized carbons (Fsp3) is 0.778. The summed E-state index contributed by atoms with van der Waals surface area (Å²) in [5, 5.41) is 0. The zero-order chi connectivity index (χ0) is 13.6. The van der Waals surface area contributed by atoms with Crippen LogP contribution in [0.3, 0.4) is 0 Å². The first-order valence-corrected chi connectivity index (χ1v) is 7.58. The van der Waals surface area contributed by atoms with Crippen LogP contribution in [0.2, 0.25) is 0 Å². The van der Waals surface area contributed by atoms with Gasteiger partial charge >= 0.3 is 0 Å². The Kier molecular flexibility index (Phi) is 5.93. The second-order valence-corrected chi connectivity index (χ2v) is 6.19. The minimum absolute atomic E-state index is 0.0567. The van der Waals surface area contributed by atoms with Crippen molar-refractivity contribution in [1.29, 1.82) is 0 Å². The lowest BCUT2D eigenvalue weighted by Gasteiger charge is -2.26. The second kappa shape index (κ2) is 6.98. The normalized spacial score (nSPS) is 16.6. The lowest BCUT2D eigenvalue weighted by molar-refractivity contribution is -0.135. The largest absolute Gasteiger partial charge is 0.392 e. The maximum atomic E-state index is 11.7. The van der Waals surface area contributed by atoms with Gasteiger partial charge in [0, 0.05) is 26.1 Å². The summed E-state index contributed by atoms with van der Waals surface area (Å²) in [6, 6.07) is 0. The molecule has 0 unspecified atom stereocenters. The molecule has 1 aliphatic heterocycles. The number of ether oxygens (including phenoxy) is 1. The molecule has 0 radical (unpaired) electrons. The molecule has 0 aromatic carbocycles. The molecule has 9 heteroatoms. The van der Waals surface area contributed by atoms with Crippen molar-refractivity contribution in [2.45, 2.75) is 6.42 Å². The van der Waals surface area contributed by atoms with Gasteiger partial charge in [-0.05, 0) is 0 Å². The highest BCUT2D eigenvalue weighted by Crippen LogP contribution is 1.99. The number of carbonyl (C=O) groups is 1. The van der Waals surface area contributed by atoms with Gasteiger partial charge in [-0.1, -0.05) is 12.2 Å². The van der Waals surface area contributed by atoms with E-state index in [0.29, 0.717) is 26.3 Å². The molecule has 1 rings (SSSR count). The molecule has 0 aliphatic carbocycles. The average Bonchev–Trinajstić information content (AvgIpc) is 2.28. The molecule has 0 aromatic rings. The summed E-state index contributed by atoms with van der Waals surface area (Å²) in [7, 11) is -3.52. The Bertz CT molecular complexity index is 404. The van der Waals surface area contributed by atoms with Crippen molar-refractivity contribution >= 4 is 33.1 Å². The predicted molar refractivity (Wildman–Crippen MR) is 70.6 cm³/mol. The van der Waals surface area contributed by atoms with Crippen molar-refractivity contribution in [2.75, 3.05) is 38.6 Å². The molecule has 0 aromatic heterocycles. The minimum atomic E-state index is -3.52. The summed E-state index contributed by atoms with van der Waals surface area (Å²) in [5.74, 6) is -0.481. The van der Waals surface area contributed by atoms with Crippen molar-refractivity contribution in [3.8, 4) is 0 Å². The maximum absolute atomic E-state index is 11.7. The fourth-order valence-electron chi connectivity index (χ4n) is 1.52. The first kappa shape index (κ1) is 15.3. The third kappa shape index (κ3) is 5.71. The Morgan fingerprint density at radius 3 is 2.56 bits per heavy atom. The number of carbonyl (C=O) groups excluding carboxylic acids is 1. The van der Waals surface area contributed by atoms with Crippen molar-refractivity contribution in [1.82, 2.24) is 9.62 Å². The van der Waals surface area contributed by atoms with Gasteiger partial charge in [-0.2, -0.15) is 0 Å². The molecule has 1 saturated heterocycles. The topological polar surface area (TPSA) is 102 Å². The Morgan fingerprint density at radius 2 is 2.00 bits per heavy atom. The van der Waals surface area contributed by atoms with Crippen LogP contribution in [0.25, 0.3) is 0 Å². The molecule has 1 heterocycles. The number of sulfonamides is 1. The van der Waals surface area contributed by atoms with E-state index in [1.807, 2.05) is 0 Å². The first-order valence-electron chi connectivity index (χ1n) is 5.52. The van der Waals surface area contributed by atoms with Crippen LogP contribution in [0.5, 0.6) is 0 Å². The number of nitrogens with one attached hydrogen (secondary N) is 1. The summed E-state index contributed by atoms with van der Waals surface area (Å²) in [5.41, 5.74) is 5.15. The molecule has 0 spiro atoms. The Hall–Kier alpha value is -0.770. The number of thiocarbonyl (C=S) groups is 1. The molecule has 7 nitrogen and oxygen atoms in total. The van der Waals surface area contributed by atoms with E-state index in [4.69, 9.17) is 10.5 Å². The molecule has 0 atom stereocenters. The molecule has 1 amide bonds. The standard InChI is InChI=1S/C9H17N3O4S2/c10-8(17)7-18(14,15)11-2-1-9(13)12-3-5-16-6-4-12/h11H,1-7H2,(H2,10,17). The highest BCUT2D eigenvalue weighted by molar-refractivity contribution is 7.92. The van der Waals surface area contributed by atoms with E-state index in [2.05, 4.69) is 16.9 Å². The van der Waals surface area contributed by atoms with Crippen molar-refractivity contribution in [2.24, 2.45) is 5.73 Å². The Morgan fingerprint density at radius 1 is 1.39 bits per heavy atom. The molecular weight excluding hydrogens is 278 g/mol. The molecular formula is C9H17N3O4S2. The van der Waals surface area contributed by atoms with E-state index in [-0.39, 0.29) is 23.9 Å². The van der Waals surface area contributed by atoms with Crippen molar-refractivity contribution in [3.63, 3.8) is 0 Å². The van der Waals surface area contributed by atoms with E-state index in [1.54, 1.807) is 4.90 Å². The summed E-state index contributed by atoms with van der Waals surface area (Å²) in [6.45, 7) is 2.22. The highest BCUT2D eigenvalue weighted by Gasteiger charge is 2.17. The van der Waals surface area contributed by atoms with Gasteiger partial charge in [0.2, 0.25) is 15.9 Å². The molecule has 18 heavy (non-hydrogen) atoms. The van der Waals surface area contributed by atoms with Crippen LogP contribution in [0.1, 0.15) is 6.42 Å². The van der Waals surface area contributed by atoms with Gasteiger partial charge in [-0.3, -0.25) is 4.79 Å². The van der Waals surface area contributed by atoms with Gasteiger partial charge in [0.15, 0.2) is 0 Å². The number of amides is 1. The summed E-state index contributed by atoms with van der Waals surface area (Å²) < 4.78 is 30.2. The van der Waals surface area contributed by atoms with Crippen LogP contribution in [-0.4, -0.2) is 62.8 Å². The van der Waals surface area contributed by atoms with Crippen molar-refractivity contribution in [3.05, 3.63) is 0 Å². The summed E-state index contributed by atoms with van der Waals surface area (Å²) in [4.78, 5) is 13.3. The zero-order valence-corrected chi connectivity index (χ0v) is 11.6. The second-order valence-electron chi connectivity index (χ2n) is 3.86. The molecule has 1 aliphatic rings. The number of nitrogens with zero attached hydrogens (tertiary/aromatic N) is 1. The molecule has 104 valence electrons. The molecule has 3 N–H and O–H groups in total. The number of hydrogen-bond acceptors (Lipinski definition) is 5. The van der Waals surface area contributed by atoms with E-state index in [0.717, 1.165) is 0 Å². The van der Waals surface area contributed by atoms with Crippen LogP contribution in [-0.2, 0) is 19.6 Å². The van der Waals surface area contributed by atoms with Crippen LogP contribution < -0.4 is 10.5 Å². The van der Waals surface area contributed by atoms with E-state index in [1.165, 1.54) is 0 Å². The molecule has 1 fully saturated rings. The summed E-state index contributed by atoms with van der Waals surface area (Å²) in [6.07, 6.45) is 0.122. The SMILES string of the molecule is NC(=S)CS(=O)(=O)NCCC(=O)N1CCOCC1. The Balaban J connectivity index is 2.28. The molecule has 0 saturated carbocycles. The lowest BCUT2D eigenvalue weighted by Crippen LogP contribution is -2.42. The third-order valence-corrected chi connectivity index (χ3v) is 4.02. The van der Waals surface area contributed by atoms with Gasteiger partial charge in [0.25, 0.3) is 0 Å². The van der Waals surface area contributed by atoms with E-state index in [9.17, 15) is 13.2 Å². The van der Waals surface area contributed by atoms with Crippen LogP contribution in [0.15, 0.2) is 0 Å². The highest BCUT2D eigenvalue weighted by atomic mass is 32.2. The summed E-state index contributed by atoms with van der Waals surface area (Å²) >= 11 is 4.52. The smallest absolute Gasteiger partial charge is 0.224 e. The van der Waals surface area contributed by atoms with E-state index < -0.39 is 15.8 Å². The van der Waals surface area contributed by atoms with Gasteiger partial charge in [0.1, 0.15) is 5.75 Å². The molecule has 0 bridgehead atoms. The number of hydrogen-bond donors (Lipinski definition) is 2. The van der Waals surface area contributed by atoms with Gasteiger partial charge < -0.3 is 15.4 Å². The average molecular weight is 295 g/mol. The van der Waals surface area contributed by atoms with Gasteiger partial charge in [0.05, 0.1) is 18.2 Å². The van der Waals surface area contributed by atoms with Gasteiger partial charge in [-0.15, -0.1) is 0 Å². The van der Waals surface area contributed by atoms with Crippen LogP contribution in [0.4, 0.5) is 0 Å². The predicted octanol–water partition coefficient (Wildman–Crippen LogP) is -1.56. The first-order chi connectivity index (χ1) is 8.41.